The first-order valence-corrected chi connectivity index (χ1v) is 7.08. The van der Waals surface area contributed by atoms with Gasteiger partial charge in [-0.1, -0.05) is 39.0 Å². The summed E-state index contributed by atoms with van der Waals surface area (Å²) < 4.78 is 0. The third kappa shape index (κ3) is 5.57. The van der Waals surface area contributed by atoms with Crippen LogP contribution >= 0.6 is 12.4 Å². The largest absolute Gasteiger partial charge is 0.343 e. The SMILES string of the molecule is CNCC(C)C(=O)N(C)C1CCCCCCC1.Cl. The summed E-state index contributed by atoms with van der Waals surface area (Å²) in [6, 6.07) is 0.474. The summed E-state index contributed by atoms with van der Waals surface area (Å²) in [6.07, 6.45) is 8.99. The fourth-order valence-electron chi connectivity index (χ4n) is 2.74. The molecule has 4 heteroatoms. The van der Waals surface area contributed by atoms with Crippen LogP contribution in [-0.2, 0) is 4.79 Å². The lowest BCUT2D eigenvalue weighted by molar-refractivity contribution is -0.136. The van der Waals surface area contributed by atoms with Crippen molar-refractivity contribution in [3.63, 3.8) is 0 Å². The summed E-state index contributed by atoms with van der Waals surface area (Å²) in [7, 11) is 3.89. The molecule has 0 saturated heterocycles. The standard InChI is InChI=1S/C14H28N2O.ClH/c1-12(11-15-2)14(17)16(3)13-9-7-5-4-6-8-10-13;/h12-13,15H,4-11H2,1-3H3;1H. The minimum atomic E-state index is 0. The molecular formula is C14H29ClN2O. The molecule has 0 radical (unpaired) electrons. The summed E-state index contributed by atoms with van der Waals surface area (Å²) in [4.78, 5) is 14.2. The second kappa shape index (κ2) is 9.62. The Morgan fingerprint density at radius 2 is 1.72 bits per heavy atom. The zero-order valence-corrected chi connectivity index (χ0v) is 12.9. The maximum Gasteiger partial charge on any atom is 0.226 e. The van der Waals surface area contributed by atoms with Gasteiger partial charge in [0.05, 0.1) is 0 Å². The van der Waals surface area contributed by atoms with Crippen molar-refractivity contribution in [3.8, 4) is 0 Å². The van der Waals surface area contributed by atoms with Crippen LogP contribution in [0.4, 0.5) is 0 Å². The molecule has 1 aliphatic carbocycles. The fraction of sp³-hybridized carbons (Fsp3) is 0.929. The molecule has 1 fully saturated rings. The van der Waals surface area contributed by atoms with Gasteiger partial charge in [-0.3, -0.25) is 4.79 Å². The Kier molecular flexibility index (Phi) is 9.47. The van der Waals surface area contributed by atoms with Crippen molar-refractivity contribution in [2.75, 3.05) is 20.6 Å². The first-order chi connectivity index (χ1) is 8.16. The number of carbonyl (C=O) groups excluding carboxylic acids is 1. The van der Waals surface area contributed by atoms with E-state index in [0.29, 0.717) is 11.9 Å². The quantitative estimate of drug-likeness (QED) is 0.856. The number of carbonyl (C=O) groups is 1. The number of hydrogen-bond donors (Lipinski definition) is 1. The Morgan fingerprint density at radius 1 is 1.22 bits per heavy atom. The fourth-order valence-corrected chi connectivity index (χ4v) is 2.74. The Hall–Kier alpha value is -0.280. The van der Waals surface area contributed by atoms with Gasteiger partial charge in [0.2, 0.25) is 5.91 Å². The van der Waals surface area contributed by atoms with Crippen LogP contribution in [0.1, 0.15) is 51.9 Å². The van der Waals surface area contributed by atoms with Crippen LogP contribution in [0.15, 0.2) is 0 Å². The van der Waals surface area contributed by atoms with Crippen LogP contribution in [0.3, 0.4) is 0 Å². The van der Waals surface area contributed by atoms with Gasteiger partial charge in [-0.2, -0.15) is 0 Å². The van der Waals surface area contributed by atoms with E-state index in [0.717, 1.165) is 6.54 Å². The smallest absolute Gasteiger partial charge is 0.226 e. The van der Waals surface area contributed by atoms with E-state index < -0.39 is 0 Å². The first kappa shape index (κ1) is 17.7. The average Bonchev–Trinajstić information content (AvgIpc) is 2.27. The third-order valence-corrected chi connectivity index (χ3v) is 3.90. The van der Waals surface area contributed by atoms with Crippen LogP contribution < -0.4 is 5.32 Å². The number of amides is 1. The number of halogens is 1. The van der Waals surface area contributed by atoms with Crippen molar-refractivity contribution in [2.45, 2.75) is 57.9 Å². The lowest BCUT2D eigenvalue weighted by Crippen LogP contribution is -2.42. The maximum absolute atomic E-state index is 12.2. The van der Waals surface area contributed by atoms with Gasteiger partial charge in [-0.05, 0) is 19.9 Å². The molecule has 0 spiro atoms. The summed E-state index contributed by atoms with van der Waals surface area (Å²) in [5, 5.41) is 3.08. The first-order valence-electron chi connectivity index (χ1n) is 7.08. The average molecular weight is 277 g/mol. The molecule has 1 aliphatic rings. The van der Waals surface area contributed by atoms with Crippen LogP contribution in [0.2, 0.25) is 0 Å². The summed E-state index contributed by atoms with van der Waals surface area (Å²) in [5.74, 6) is 0.389. The molecule has 0 aliphatic heterocycles. The van der Waals surface area contributed by atoms with Gasteiger partial charge in [0.25, 0.3) is 0 Å². The Morgan fingerprint density at radius 3 is 2.22 bits per heavy atom. The monoisotopic (exact) mass is 276 g/mol. The van der Waals surface area contributed by atoms with Gasteiger partial charge in [-0.15, -0.1) is 12.4 Å². The molecular weight excluding hydrogens is 248 g/mol. The predicted molar refractivity (Wildman–Crippen MR) is 79.2 cm³/mol. The van der Waals surface area contributed by atoms with E-state index in [1.807, 2.05) is 25.9 Å². The topological polar surface area (TPSA) is 32.3 Å². The second-order valence-electron chi connectivity index (χ2n) is 5.41. The number of nitrogens with one attached hydrogen (secondary N) is 1. The molecule has 1 atom stereocenters. The molecule has 18 heavy (non-hydrogen) atoms. The molecule has 108 valence electrons. The highest BCUT2D eigenvalue weighted by molar-refractivity contribution is 5.85. The molecule has 0 heterocycles. The highest BCUT2D eigenvalue weighted by Gasteiger charge is 2.23. The minimum absolute atomic E-state index is 0. The van der Waals surface area contributed by atoms with Crippen molar-refractivity contribution in [3.05, 3.63) is 0 Å². The number of rotatable bonds is 4. The van der Waals surface area contributed by atoms with Gasteiger partial charge in [0.1, 0.15) is 0 Å². The van der Waals surface area contributed by atoms with E-state index in [9.17, 15) is 4.79 Å². The summed E-state index contributed by atoms with van der Waals surface area (Å²) in [6.45, 7) is 2.79. The molecule has 0 aromatic heterocycles. The van der Waals surface area contributed by atoms with Gasteiger partial charge in [-0.25, -0.2) is 0 Å². The van der Waals surface area contributed by atoms with Gasteiger partial charge >= 0.3 is 0 Å². The van der Waals surface area contributed by atoms with E-state index in [4.69, 9.17) is 0 Å². The van der Waals surface area contributed by atoms with Gasteiger partial charge in [0.15, 0.2) is 0 Å². The van der Waals surface area contributed by atoms with Crippen molar-refractivity contribution in [1.82, 2.24) is 10.2 Å². The van der Waals surface area contributed by atoms with E-state index in [1.165, 1.54) is 44.9 Å². The van der Waals surface area contributed by atoms with E-state index >= 15 is 0 Å². The van der Waals surface area contributed by atoms with E-state index in [2.05, 4.69) is 5.32 Å². The Bertz CT molecular complexity index is 228. The lowest BCUT2D eigenvalue weighted by Gasteiger charge is -2.31. The lowest BCUT2D eigenvalue weighted by atomic mass is 9.95. The van der Waals surface area contributed by atoms with E-state index in [-0.39, 0.29) is 18.3 Å². The number of nitrogens with zero attached hydrogens (tertiary/aromatic N) is 1. The Balaban J connectivity index is 0.00000289. The van der Waals surface area contributed by atoms with Crippen molar-refractivity contribution in [1.29, 1.82) is 0 Å². The zero-order chi connectivity index (χ0) is 12.7. The highest BCUT2D eigenvalue weighted by Crippen LogP contribution is 2.21. The molecule has 0 bridgehead atoms. The third-order valence-electron chi connectivity index (χ3n) is 3.90. The van der Waals surface area contributed by atoms with Crippen LogP contribution in [0.25, 0.3) is 0 Å². The number of hydrogen-bond acceptors (Lipinski definition) is 2. The van der Waals surface area contributed by atoms with E-state index in [1.54, 1.807) is 0 Å². The predicted octanol–water partition coefficient (Wildman–Crippen LogP) is 2.84. The zero-order valence-electron chi connectivity index (χ0n) is 12.1. The van der Waals surface area contributed by atoms with Gasteiger partial charge in [0, 0.05) is 25.6 Å². The molecule has 0 aromatic carbocycles. The van der Waals surface area contributed by atoms with Crippen LogP contribution in [0, 0.1) is 5.92 Å². The minimum Gasteiger partial charge on any atom is -0.343 e. The van der Waals surface area contributed by atoms with Crippen molar-refractivity contribution >= 4 is 18.3 Å². The normalized spacial score (nSPS) is 19.3. The van der Waals surface area contributed by atoms with Gasteiger partial charge < -0.3 is 10.2 Å². The summed E-state index contributed by atoms with van der Waals surface area (Å²) >= 11 is 0. The summed E-state index contributed by atoms with van der Waals surface area (Å²) in [5.41, 5.74) is 0. The Labute approximate surface area is 118 Å². The molecule has 1 N–H and O–H groups in total. The van der Waals surface area contributed by atoms with Crippen LogP contribution in [0.5, 0.6) is 0 Å². The van der Waals surface area contributed by atoms with Crippen LogP contribution in [-0.4, -0.2) is 37.5 Å². The molecule has 1 rings (SSSR count). The maximum atomic E-state index is 12.2. The van der Waals surface area contributed by atoms with Crippen molar-refractivity contribution < 1.29 is 4.79 Å². The molecule has 0 aromatic rings. The molecule has 1 saturated carbocycles. The molecule has 1 amide bonds. The highest BCUT2D eigenvalue weighted by atomic mass is 35.5. The second-order valence-corrected chi connectivity index (χ2v) is 5.41. The molecule has 3 nitrogen and oxygen atoms in total. The molecule has 1 unspecified atom stereocenters. The van der Waals surface area contributed by atoms with Crippen molar-refractivity contribution in [2.24, 2.45) is 5.92 Å².